The van der Waals surface area contributed by atoms with Crippen LogP contribution in [0, 0.1) is 0 Å². The lowest BCUT2D eigenvalue weighted by Gasteiger charge is -2.00. The van der Waals surface area contributed by atoms with E-state index in [4.69, 9.17) is 0 Å². The number of nitrogens with zero attached hydrogens (tertiary/aromatic N) is 4. The van der Waals surface area contributed by atoms with Crippen LogP contribution in [-0.2, 0) is 6.54 Å². The summed E-state index contributed by atoms with van der Waals surface area (Å²) < 4.78 is 1.91. The molecule has 0 amide bonds. The first-order valence-corrected chi connectivity index (χ1v) is 8.03. The number of hydrogen-bond acceptors (Lipinski definition) is 4. The standard InChI is InChI=1S/C15H10Br2N4O/c16-12-5-1-10(2-6-12)14(22)9-21-19-15(18-20-21)11-3-7-13(17)8-4-11/h1-8H,9H2. The molecule has 3 aromatic rings. The van der Waals surface area contributed by atoms with Crippen LogP contribution >= 0.6 is 31.9 Å². The maximum atomic E-state index is 12.2. The number of tetrazole rings is 1. The molecule has 2 aromatic carbocycles. The second-order valence-corrected chi connectivity index (χ2v) is 6.41. The van der Waals surface area contributed by atoms with E-state index in [1.165, 1.54) is 4.80 Å². The summed E-state index contributed by atoms with van der Waals surface area (Å²) in [5.74, 6) is 0.434. The largest absolute Gasteiger partial charge is 0.292 e. The van der Waals surface area contributed by atoms with E-state index in [9.17, 15) is 4.79 Å². The zero-order valence-electron chi connectivity index (χ0n) is 11.3. The summed E-state index contributed by atoms with van der Waals surface area (Å²) in [5, 5.41) is 12.2. The highest BCUT2D eigenvalue weighted by Crippen LogP contribution is 2.17. The van der Waals surface area contributed by atoms with Gasteiger partial charge in [0.25, 0.3) is 0 Å². The SMILES string of the molecule is O=C(Cn1nnc(-c2ccc(Br)cc2)n1)c1ccc(Br)cc1. The molecule has 0 N–H and O–H groups in total. The van der Waals surface area contributed by atoms with E-state index in [0.29, 0.717) is 11.4 Å². The zero-order chi connectivity index (χ0) is 15.5. The minimum absolute atomic E-state index is 0.0607. The number of aromatic nitrogens is 4. The van der Waals surface area contributed by atoms with Gasteiger partial charge in [-0.15, -0.1) is 10.2 Å². The number of carbonyl (C=O) groups is 1. The Morgan fingerprint density at radius 1 is 0.955 bits per heavy atom. The summed E-state index contributed by atoms with van der Waals surface area (Å²) in [6.45, 7) is 0.0607. The summed E-state index contributed by atoms with van der Waals surface area (Å²) in [6, 6.07) is 14.8. The van der Waals surface area contributed by atoms with Crippen molar-refractivity contribution in [3.8, 4) is 11.4 Å². The van der Waals surface area contributed by atoms with Gasteiger partial charge in [-0.05, 0) is 41.6 Å². The van der Waals surface area contributed by atoms with Crippen LogP contribution < -0.4 is 0 Å². The summed E-state index contributed by atoms with van der Waals surface area (Å²) in [5.41, 5.74) is 1.47. The van der Waals surface area contributed by atoms with Gasteiger partial charge in [0, 0.05) is 20.1 Å². The average molecular weight is 422 g/mol. The van der Waals surface area contributed by atoms with E-state index in [1.54, 1.807) is 12.1 Å². The van der Waals surface area contributed by atoms with Crippen molar-refractivity contribution in [3.63, 3.8) is 0 Å². The molecule has 0 saturated heterocycles. The van der Waals surface area contributed by atoms with Crippen LogP contribution in [-0.4, -0.2) is 26.0 Å². The van der Waals surface area contributed by atoms with Crippen molar-refractivity contribution < 1.29 is 4.79 Å². The van der Waals surface area contributed by atoms with Gasteiger partial charge < -0.3 is 0 Å². The Labute approximate surface area is 143 Å². The number of rotatable bonds is 4. The van der Waals surface area contributed by atoms with Gasteiger partial charge in [0.15, 0.2) is 5.78 Å². The normalized spacial score (nSPS) is 10.6. The van der Waals surface area contributed by atoms with Gasteiger partial charge in [-0.1, -0.05) is 44.0 Å². The molecule has 0 aliphatic heterocycles. The van der Waals surface area contributed by atoms with Gasteiger partial charge in [-0.2, -0.15) is 4.80 Å². The van der Waals surface area contributed by atoms with Gasteiger partial charge >= 0.3 is 0 Å². The fraction of sp³-hybridized carbons (Fsp3) is 0.0667. The highest BCUT2D eigenvalue weighted by atomic mass is 79.9. The maximum absolute atomic E-state index is 12.2. The minimum Gasteiger partial charge on any atom is -0.292 e. The van der Waals surface area contributed by atoms with Crippen LogP contribution in [0.25, 0.3) is 11.4 Å². The lowest BCUT2D eigenvalue weighted by molar-refractivity contribution is 0.0961. The van der Waals surface area contributed by atoms with Gasteiger partial charge in [0.2, 0.25) is 5.82 Å². The molecule has 0 aliphatic rings. The van der Waals surface area contributed by atoms with E-state index >= 15 is 0 Å². The van der Waals surface area contributed by atoms with Gasteiger partial charge in [0.1, 0.15) is 6.54 Å². The Balaban J connectivity index is 1.75. The van der Waals surface area contributed by atoms with Crippen LogP contribution in [0.3, 0.4) is 0 Å². The lowest BCUT2D eigenvalue weighted by atomic mass is 10.1. The topological polar surface area (TPSA) is 60.7 Å². The fourth-order valence-corrected chi connectivity index (χ4v) is 2.41. The van der Waals surface area contributed by atoms with Crippen molar-refractivity contribution in [1.29, 1.82) is 0 Å². The predicted molar refractivity (Wildman–Crippen MR) is 89.4 cm³/mol. The van der Waals surface area contributed by atoms with E-state index < -0.39 is 0 Å². The van der Waals surface area contributed by atoms with E-state index in [0.717, 1.165) is 14.5 Å². The quantitative estimate of drug-likeness (QED) is 0.602. The summed E-state index contributed by atoms with van der Waals surface area (Å²) in [6.07, 6.45) is 0. The zero-order valence-corrected chi connectivity index (χ0v) is 14.5. The maximum Gasteiger partial charge on any atom is 0.204 e. The van der Waals surface area contributed by atoms with Gasteiger partial charge in [-0.3, -0.25) is 4.79 Å². The predicted octanol–water partition coefficient (Wildman–Crippen LogP) is 3.75. The number of carbonyl (C=O) groups excluding carboxylic acids is 1. The molecule has 0 saturated carbocycles. The molecular weight excluding hydrogens is 412 g/mol. The van der Waals surface area contributed by atoms with Crippen molar-refractivity contribution in [1.82, 2.24) is 20.2 Å². The molecule has 1 heterocycles. The van der Waals surface area contributed by atoms with Crippen molar-refractivity contribution in [3.05, 3.63) is 63.0 Å². The average Bonchev–Trinajstić information content (AvgIpc) is 2.97. The number of Topliss-reactive ketones (excluding diaryl/α,β-unsaturated/α-hetero) is 1. The molecule has 0 unspecified atom stereocenters. The number of halogens is 2. The molecule has 3 rings (SSSR count). The molecule has 110 valence electrons. The van der Waals surface area contributed by atoms with Crippen LogP contribution in [0.5, 0.6) is 0 Å². The Morgan fingerprint density at radius 2 is 1.55 bits per heavy atom. The molecular formula is C15H10Br2N4O. The van der Waals surface area contributed by atoms with Crippen molar-refractivity contribution in [2.75, 3.05) is 0 Å². The van der Waals surface area contributed by atoms with Crippen LogP contribution in [0.1, 0.15) is 10.4 Å². The molecule has 0 atom stereocenters. The monoisotopic (exact) mass is 420 g/mol. The molecule has 0 fully saturated rings. The molecule has 1 aromatic heterocycles. The highest BCUT2D eigenvalue weighted by molar-refractivity contribution is 9.10. The summed E-state index contributed by atoms with van der Waals surface area (Å²) >= 11 is 6.72. The number of hydrogen-bond donors (Lipinski definition) is 0. The lowest BCUT2D eigenvalue weighted by Crippen LogP contribution is -2.13. The number of benzene rings is 2. The first-order valence-electron chi connectivity index (χ1n) is 6.44. The van der Waals surface area contributed by atoms with E-state index in [1.807, 2.05) is 36.4 Å². The van der Waals surface area contributed by atoms with Crippen LogP contribution in [0.4, 0.5) is 0 Å². The van der Waals surface area contributed by atoms with Crippen molar-refractivity contribution >= 4 is 37.6 Å². The van der Waals surface area contributed by atoms with Crippen LogP contribution in [0.15, 0.2) is 57.5 Å². The van der Waals surface area contributed by atoms with Gasteiger partial charge in [0.05, 0.1) is 0 Å². The van der Waals surface area contributed by atoms with Gasteiger partial charge in [-0.25, -0.2) is 0 Å². The van der Waals surface area contributed by atoms with E-state index in [-0.39, 0.29) is 12.3 Å². The molecule has 5 nitrogen and oxygen atoms in total. The molecule has 22 heavy (non-hydrogen) atoms. The third-order valence-electron chi connectivity index (χ3n) is 3.01. The van der Waals surface area contributed by atoms with Crippen LogP contribution in [0.2, 0.25) is 0 Å². The van der Waals surface area contributed by atoms with Crippen molar-refractivity contribution in [2.45, 2.75) is 6.54 Å². The third-order valence-corrected chi connectivity index (χ3v) is 4.06. The molecule has 0 radical (unpaired) electrons. The second-order valence-electron chi connectivity index (χ2n) is 4.58. The highest BCUT2D eigenvalue weighted by Gasteiger charge is 2.11. The first kappa shape index (κ1) is 15.1. The molecule has 0 bridgehead atoms. The Bertz CT molecular complexity index is 797. The minimum atomic E-state index is -0.0627. The first-order chi connectivity index (χ1) is 10.6. The number of ketones is 1. The van der Waals surface area contributed by atoms with Crippen molar-refractivity contribution in [2.24, 2.45) is 0 Å². The molecule has 0 aliphatic carbocycles. The Hall–Kier alpha value is -1.86. The summed E-state index contributed by atoms with van der Waals surface area (Å²) in [4.78, 5) is 13.5. The Morgan fingerprint density at radius 3 is 2.18 bits per heavy atom. The van der Waals surface area contributed by atoms with E-state index in [2.05, 4.69) is 47.3 Å². The fourth-order valence-electron chi connectivity index (χ4n) is 1.88. The summed E-state index contributed by atoms with van der Waals surface area (Å²) in [7, 11) is 0. The molecule has 0 spiro atoms. The third kappa shape index (κ3) is 3.48. The smallest absolute Gasteiger partial charge is 0.204 e. The Kier molecular flexibility index (Phi) is 4.44. The molecule has 7 heteroatoms. The second kappa shape index (κ2) is 6.50.